The number of esters is 1. The molecule has 0 heterocycles. The van der Waals surface area contributed by atoms with Crippen LogP contribution in [0.15, 0.2) is 30.3 Å². The number of aliphatic hydroxyl groups is 1. The van der Waals surface area contributed by atoms with Gasteiger partial charge in [-0.15, -0.1) is 0 Å². The van der Waals surface area contributed by atoms with E-state index < -0.39 is 0 Å². The molecule has 24 heavy (non-hydrogen) atoms. The van der Waals surface area contributed by atoms with Crippen molar-refractivity contribution in [1.82, 2.24) is 0 Å². The zero-order valence-electron chi connectivity index (χ0n) is 14.0. The summed E-state index contributed by atoms with van der Waals surface area (Å²) in [6.45, 7) is 1.91. The van der Waals surface area contributed by atoms with E-state index in [9.17, 15) is 4.79 Å². The van der Waals surface area contributed by atoms with Gasteiger partial charge in [0.25, 0.3) is 0 Å². The van der Waals surface area contributed by atoms with Crippen molar-refractivity contribution in [3.63, 3.8) is 0 Å². The number of hydrogen-bond acceptors (Lipinski definition) is 3. The van der Waals surface area contributed by atoms with Gasteiger partial charge in [-0.1, -0.05) is 67.1 Å². The van der Waals surface area contributed by atoms with Crippen LogP contribution in [-0.2, 0) is 4.74 Å². The Morgan fingerprint density at radius 1 is 1.04 bits per heavy atom. The van der Waals surface area contributed by atoms with Crippen LogP contribution in [0.25, 0.3) is 0 Å². The van der Waals surface area contributed by atoms with Crippen LogP contribution in [0.3, 0.4) is 0 Å². The van der Waals surface area contributed by atoms with Crippen molar-refractivity contribution in [3.8, 4) is 35.5 Å². The molecule has 0 aromatic heterocycles. The molecular formula is C21H22O3. The van der Waals surface area contributed by atoms with Crippen LogP contribution in [-0.4, -0.2) is 23.8 Å². The Morgan fingerprint density at radius 2 is 1.67 bits per heavy atom. The van der Waals surface area contributed by atoms with Crippen LogP contribution >= 0.6 is 0 Å². The van der Waals surface area contributed by atoms with E-state index in [1.54, 1.807) is 12.1 Å². The predicted molar refractivity (Wildman–Crippen MR) is 94.8 cm³/mol. The molecule has 0 radical (unpaired) electrons. The van der Waals surface area contributed by atoms with Crippen molar-refractivity contribution < 1.29 is 14.6 Å². The number of aliphatic hydroxyl groups excluding tert-OH is 1. The second-order valence-electron chi connectivity index (χ2n) is 4.96. The van der Waals surface area contributed by atoms with Crippen molar-refractivity contribution >= 4 is 5.97 Å². The summed E-state index contributed by atoms with van der Waals surface area (Å²) in [5.41, 5.74) is 0.557. The highest BCUT2D eigenvalue weighted by Gasteiger charge is 2.13. The topological polar surface area (TPSA) is 46.5 Å². The number of ether oxygens (including phenoxy) is 1. The molecule has 0 saturated heterocycles. The first-order valence-electron chi connectivity index (χ1n) is 8.02. The highest BCUT2D eigenvalue weighted by Crippen LogP contribution is 2.10. The zero-order chi connectivity index (χ0) is 17.5. The third-order valence-electron chi connectivity index (χ3n) is 3.03. The van der Waals surface area contributed by atoms with Gasteiger partial charge in [-0.2, -0.15) is 0 Å². The summed E-state index contributed by atoms with van der Waals surface area (Å²) < 4.78 is 5.53. The molecule has 1 aromatic rings. The summed E-state index contributed by atoms with van der Waals surface area (Å²) in [5, 5.41) is 8.49. The molecule has 0 fully saturated rings. The molecule has 124 valence electrons. The molecule has 1 atom stereocenters. The Kier molecular flexibility index (Phi) is 10.4. The van der Waals surface area contributed by atoms with Crippen molar-refractivity contribution in [2.24, 2.45) is 0 Å². The highest BCUT2D eigenvalue weighted by molar-refractivity contribution is 5.89. The first-order valence-corrected chi connectivity index (χ1v) is 8.02. The average Bonchev–Trinajstić information content (AvgIpc) is 2.61. The van der Waals surface area contributed by atoms with E-state index in [0.717, 1.165) is 12.8 Å². The highest BCUT2D eigenvalue weighted by atomic mass is 16.5. The molecule has 1 rings (SSSR count). The second-order valence-corrected chi connectivity index (χ2v) is 4.96. The van der Waals surface area contributed by atoms with Gasteiger partial charge in [0.05, 0.1) is 18.4 Å². The van der Waals surface area contributed by atoms with Crippen LogP contribution in [0, 0.1) is 35.5 Å². The molecule has 0 aliphatic carbocycles. The van der Waals surface area contributed by atoms with Crippen LogP contribution < -0.4 is 0 Å². The first-order chi connectivity index (χ1) is 11.8. The summed E-state index contributed by atoms with van der Waals surface area (Å²) in [5.74, 6) is 16.7. The fourth-order valence-corrected chi connectivity index (χ4v) is 1.90. The fraction of sp³-hybridized carbons (Fsp3) is 0.381. The maximum atomic E-state index is 12.1. The SMILES string of the molecule is CCC[C@H](CC#CCC#CCC#CCO)OC(=O)c1ccccc1. The van der Waals surface area contributed by atoms with Gasteiger partial charge in [-0.3, -0.25) is 0 Å². The molecule has 0 aliphatic heterocycles. The summed E-state index contributed by atoms with van der Waals surface area (Å²) in [4.78, 5) is 12.1. The molecule has 0 saturated carbocycles. The van der Waals surface area contributed by atoms with Crippen LogP contribution in [0.2, 0.25) is 0 Å². The summed E-state index contributed by atoms with van der Waals surface area (Å²) in [6.07, 6.45) is 2.94. The van der Waals surface area contributed by atoms with E-state index in [0.29, 0.717) is 24.8 Å². The van der Waals surface area contributed by atoms with Gasteiger partial charge >= 0.3 is 5.97 Å². The standard InChI is InChI=1S/C21H22O3/c1-2-14-20(24-21(23)19-15-10-9-11-16-19)17-12-7-5-3-4-6-8-13-18-22/h9-11,15-16,20,22H,2,5-6,14,17-18H2,1H3/t20-/m1/s1. The molecule has 0 spiro atoms. The lowest BCUT2D eigenvalue weighted by molar-refractivity contribution is 0.0292. The molecular weight excluding hydrogens is 300 g/mol. The molecule has 3 nitrogen and oxygen atoms in total. The van der Waals surface area contributed by atoms with Crippen molar-refractivity contribution in [2.45, 2.75) is 45.1 Å². The Bertz CT molecular complexity index is 672. The quantitative estimate of drug-likeness (QED) is 0.669. The van der Waals surface area contributed by atoms with E-state index in [2.05, 4.69) is 42.4 Å². The van der Waals surface area contributed by atoms with E-state index in [1.165, 1.54) is 0 Å². The maximum absolute atomic E-state index is 12.1. The van der Waals surface area contributed by atoms with E-state index in [1.807, 2.05) is 18.2 Å². The van der Waals surface area contributed by atoms with E-state index >= 15 is 0 Å². The van der Waals surface area contributed by atoms with Crippen LogP contribution in [0.1, 0.15) is 49.4 Å². The first kappa shape index (κ1) is 19.4. The van der Waals surface area contributed by atoms with Crippen LogP contribution in [0.5, 0.6) is 0 Å². The third-order valence-corrected chi connectivity index (χ3v) is 3.03. The largest absolute Gasteiger partial charge is 0.458 e. The average molecular weight is 322 g/mol. The number of hydrogen-bond donors (Lipinski definition) is 1. The Labute approximate surface area is 144 Å². The normalized spacial score (nSPS) is 10.1. The van der Waals surface area contributed by atoms with Gasteiger partial charge in [-0.05, 0) is 18.6 Å². The Hall–Kier alpha value is -2.67. The molecule has 0 amide bonds. The van der Waals surface area contributed by atoms with Gasteiger partial charge in [0, 0.05) is 6.42 Å². The molecule has 3 heteroatoms. The number of rotatable bonds is 5. The molecule has 0 unspecified atom stereocenters. The smallest absolute Gasteiger partial charge is 0.338 e. The lowest BCUT2D eigenvalue weighted by Crippen LogP contribution is -2.17. The number of carbonyl (C=O) groups excluding carboxylic acids is 1. The van der Waals surface area contributed by atoms with Gasteiger partial charge in [0.15, 0.2) is 0 Å². The number of carbonyl (C=O) groups is 1. The van der Waals surface area contributed by atoms with Gasteiger partial charge in [0.1, 0.15) is 12.7 Å². The van der Waals surface area contributed by atoms with Gasteiger partial charge in [0.2, 0.25) is 0 Å². The van der Waals surface area contributed by atoms with E-state index in [4.69, 9.17) is 9.84 Å². The van der Waals surface area contributed by atoms with Crippen LogP contribution in [0.4, 0.5) is 0 Å². The fourth-order valence-electron chi connectivity index (χ4n) is 1.90. The molecule has 0 aliphatic rings. The summed E-state index contributed by atoms with van der Waals surface area (Å²) in [6, 6.07) is 8.98. The molecule has 1 N–H and O–H groups in total. The zero-order valence-corrected chi connectivity index (χ0v) is 14.0. The third kappa shape index (κ3) is 8.70. The minimum atomic E-state index is -0.307. The molecule has 0 bridgehead atoms. The number of benzene rings is 1. The summed E-state index contributed by atoms with van der Waals surface area (Å²) >= 11 is 0. The lowest BCUT2D eigenvalue weighted by Gasteiger charge is -2.14. The minimum Gasteiger partial charge on any atom is -0.458 e. The van der Waals surface area contributed by atoms with Gasteiger partial charge < -0.3 is 9.84 Å². The predicted octanol–water partition coefficient (Wildman–Crippen LogP) is 3.18. The lowest BCUT2D eigenvalue weighted by atomic mass is 10.1. The van der Waals surface area contributed by atoms with Crippen molar-refractivity contribution in [2.75, 3.05) is 6.61 Å². The van der Waals surface area contributed by atoms with Gasteiger partial charge in [-0.25, -0.2) is 4.79 Å². The monoisotopic (exact) mass is 322 g/mol. The Balaban J connectivity index is 2.44. The van der Waals surface area contributed by atoms with Crippen molar-refractivity contribution in [1.29, 1.82) is 0 Å². The minimum absolute atomic E-state index is 0.137. The Morgan fingerprint density at radius 3 is 2.29 bits per heavy atom. The second kappa shape index (κ2) is 12.8. The van der Waals surface area contributed by atoms with E-state index in [-0.39, 0.29) is 18.7 Å². The molecule has 1 aromatic carbocycles. The maximum Gasteiger partial charge on any atom is 0.338 e. The summed E-state index contributed by atoms with van der Waals surface area (Å²) in [7, 11) is 0. The van der Waals surface area contributed by atoms with Crippen molar-refractivity contribution in [3.05, 3.63) is 35.9 Å².